The molecule has 0 aromatic heterocycles. The third-order valence-corrected chi connectivity index (χ3v) is 5.21. The predicted octanol–water partition coefficient (Wildman–Crippen LogP) is 4.40. The van der Waals surface area contributed by atoms with Crippen LogP contribution in [0.4, 0.5) is 15.8 Å². The van der Waals surface area contributed by atoms with Gasteiger partial charge in [0.2, 0.25) is 0 Å². The summed E-state index contributed by atoms with van der Waals surface area (Å²) in [5.74, 6) is -0.174. The van der Waals surface area contributed by atoms with E-state index in [0.29, 0.717) is 25.2 Å². The summed E-state index contributed by atoms with van der Waals surface area (Å²) in [5.41, 5.74) is 3.67. The lowest BCUT2D eigenvalue weighted by atomic mass is 10.1. The first kappa shape index (κ1) is 19.0. The molecule has 1 fully saturated rings. The second kappa shape index (κ2) is 8.78. The van der Waals surface area contributed by atoms with Crippen LogP contribution in [-0.2, 0) is 6.54 Å². The highest BCUT2D eigenvalue weighted by Gasteiger charge is 2.22. The van der Waals surface area contributed by atoms with E-state index in [2.05, 4.69) is 22.3 Å². The molecule has 5 heteroatoms. The number of benzene rings is 3. The van der Waals surface area contributed by atoms with Gasteiger partial charge in [0.15, 0.2) is 0 Å². The summed E-state index contributed by atoms with van der Waals surface area (Å²) in [7, 11) is 0. The quantitative estimate of drug-likeness (QED) is 0.703. The molecule has 0 spiro atoms. The molecule has 148 valence electrons. The smallest absolute Gasteiger partial charge is 0.253 e. The van der Waals surface area contributed by atoms with Crippen LogP contribution < -0.4 is 10.2 Å². The average Bonchev–Trinajstić information content (AvgIpc) is 2.78. The molecule has 0 unspecified atom stereocenters. The number of carbonyl (C=O) groups is 1. The van der Waals surface area contributed by atoms with Crippen LogP contribution in [0, 0.1) is 5.82 Å². The van der Waals surface area contributed by atoms with E-state index in [1.807, 2.05) is 53.4 Å². The highest BCUT2D eigenvalue weighted by Crippen LogP contribution is 2.18. The summed E-state index contributed by atoms with van der Waals surface area (Å²) in [5, 5.41) is 3.26. The maximum Gasteiger partial charge on any atom is 0.253 e. The summed E-state index contributed by atoms with van der Waals surface area (Å²) in [6.07, 6.45) is 0. The molecule has 3 aromatic carbocycles. The molecule has 4 rings (SSSR count). The first-order chi connectivity index (χ1) is 14.2. The maximum absolute atomic E-state index is 13.3. The van der Waals surface area contributed by atoms with Gasteiger partial charge in [-0.25, -0.2) is 4.39 Å². The topological polar surface area (TPSA) is 35.6 Å². The molecule has 1 aliphatic rings. The number of hydrogen-bond donors (Lipinski definition) is 1. The molecule has 3 aromatic rings. The van der Waals surface area contributed by atoms with Crippen LogP contribution in [0.15, 0.2) is 78.9 Å². The summed E-state index contributed by atoms with van der Waals surface area (Å²) < 4.78 is 13.3. The van der Waals surface area contributed by atoms with Crippen LogP contribution in [0.5, 0.6) is 0 Å². The second-order valence-electron chi connectivity index (χ2n) is 7.18. The first-order valence-electron chi connectivity index (χ1n) is 9.87. The lowest BCUT2D eigenvalue weighted by Gasteiger charge is -2.36. The fourth-order valence-electron chi connectivity index (χ4n) is 3.57. The summed E-state index contributed by atoms with van der Waals surface area (Å²) in [6, 6.07) is 24.3. The van der Waals surface area contributed by atoms with E-state index < -0.39 is 0 Å². The van der Waals surface area contributed by atoms with Gasteiger partial charge in [-0.05, 0) is 54.1 Å². The van der Waals surface area contributed by atoms with Gasteiger partial charge >= 0.3 is 0 Å². The van der Waals surface area contributed by atoms with Crippen LogP contribution in [0.1, 0.15) is 15.9 Å². The van der Waals surface area contributed by atoms with Gasteiger partial charge in [-0.15, -0.1) is 0 Å². The molecule has 1 amide bonds. The van der Waals surface area contributed by atoms with Crippen molar-refractivity contribution in [2.24, 2.45) is 0 Å². The number of rotatable bonds is 5. The molecular weight excluding hydrogens is 365 g/mol. The van der Waals surface area contributed by atoms with Crippen LogP contribution >= 0.6 is 0 Å². The fraction of sp³-hybridized carbons (Fsp3) is 0.208. The van der Waals surface area contributed by atoms with E-state index in [-0.39, 0.29) is 11.7 Å². The van der Waals surface area contributed by atoms with E-state index in [1.165, 1.54) is 17.8 Å². The third kappa shape index (κ3) is 4.74. The molecule has 4 nitrogen and oxygen atoms in total. The third-order valence-electron chi connectivity index (χ3n) is 5.21. The Balaban J connectivity index is 1.31. The maximum atomic E-state index is 13.3. The normalized spacial score (nSPS) is 14.0. The fourth-order valence-corrected chi connectivity index (χ4v) is 3.57. The number of nitrogens with one attached hydrogen (secondary N) is 1. The van der Waals surface area contributed by atoms with Gasteiger partial charge in [0, 0.05) is 49.7 Å². The minimum Gasteiger partial charge on any atom is -0.381 e. The molecule has 1 saturated heterocycles. The van der Waals surface area contributed by atoms with Gasteiger partial charge in [0.1, 0.15) is 5.82 Å². The van der Waals surface area contributed by atoms with Gasteiger partial charge < -0.3 is 15.1 Å². The Bertz CT molecular complexity index is 951. The lowest BCUT2D eigenvalue weighted by Crippen LogP contribution is -2.48. The highest BCUT2D eigenvalue weighted by atomic mass is 19.1. The molecule has 1 heterocycles. The van der Waals surface area contributed by atoms with E-state index in [9.17, 15) is 9.18 Å². The lowest BCUT2D eigenvalue weighted by molar-refractivity contribution is 0.0747. The molecule has 0 radical (unpaired) electrons. The molecular formula is C24H24FN3O. The number of nitrogens with zero attached hydrogens (tertiary/aromatic N) is 2. The van der Waals surface area contributed by atoms with Crippen molar-refractivity contribution < 1.29 is 9.18 Å². The Hall–Kier alpha value is -3.34. The van der Waals surface area contributed by atoms with Gasteiger partial charge in [0.25, 0.3) is 5.91 Å². The predicted molar refractivity (Wildman–Crippen MR) is 115 cm³/mol. The number of halogens is 1. The van der Waals surface area contributed by atoms with Crippen molar-refractivity contribution in [2.75, 3.05) is 36.4 Å². The second-order valence-corrected chi connectivity index (χ2v) is 7.18. The van der Waals surface area contributed by atoms with Crippen molar-refractivity contribution in [2.45, 2.75) is 6.54 Å². The van der Waals surface area contributed by atoms with Crippen LogP contribution in [0.2, 0.25) is 0 Å². The number of amides is 1. The van der Waals surface area contributed by atoms with Crippen molar-refractivity contribution in [1.29, 1.82) is 0 Å². The zero-order valence-electron chi connectivity index (χ0n) is 16.2. The van der Waals surface area contributed by atoms with E-state index >= 15 is 0 Å². The molecule has 1 aliphatic heterocycles. The largest absolute Gasteiger partial charge is 0.381 e. The zero-order chi connectivity index (χ0) is 20.1. The average molecular weight is 389 g/mol. The van der Waals surface area contributed by atoms with Gasteiger partial charge in [-0.1, -0.05) is 30.3 Å². The van der Waals surface area contributed by atoms with Crippen LogP contribution in [0.25, 0.3) is 0 Å². The van der Waals surface area contributed by atoms with E-state index in [0.717, 1.165) is 24.3 Å². The number of piperazine rings is 1. The standard InChI is InChI=1S/C24H24FN3O/c25-21-6-4-5-19(17-21)18-26-22-11-9-20(10-12-22)24(29)28-15-13-27(14-16-28)23-7-2-1-3-8-23/h1-12,17,26H,13-16,18H2. The Morgan fingerprint density at radius 2 is 1.59 bits per heavy atom. The Morgan fingerprint density at radius 1 is 0.862 bits per heavy atom. The van der Waals surface area contributed by atoms with Crippen molar-refractivity contribution in [3.63, 3.8) is 0 Å². The summed E-state index contributed by atoms with van der Waals surface area (Å²) in [4.78, 5) is 17.0. The minimum absolute atomic E-state index is 0.0643. The SMILES string of the molecule is O=C(c1ccc(NCc2cccc(F)c2)cc1)N1CCN(c2ccccc2)CC1. The van der Waals surface area contributed by atoms with Gasteiger partial charge in [-0.2, -0.15) is 0 Å². The van der Waals surface area contributed by atoms with Crippen molar-refractivity contribution >= 4 is 17.3 Å². The number of anilines is 2. The first-order valence-corrected chi connectivity index (χ1v) is 9.87. The molecule has 1 N–H and O–H groups in total. The van der Waals surface area contributed by atoms with Crippen molar-refractivity contribution in [3.05, 3.63) is 95.8 Å². The van der Waals surface area contributed by atoms with Crippen LogP contribution in [0.3, 0.4) is 0 Å². The van der Waals surface area contributed by atoms with Crippen molar-refractivity contribution in [3.8, 4) is 0 Å². The molecule has 0 saturated carbocycles. The van der Waals surface area contributed by atoms with Crippen molar-refractivity contribution in [1.82, 2.24) is 4.90 Å². The van der Waals surface area contributed by atoms with Gasteiger partial charge in [-0.3, -0.25) is 4.79 Å². The van der Waals surface area contributed by atoms with E-state index in [1.54, 1.807) is 6.07 Å². The molecule has 0 bridgehead atoms. The number of para-hydroxylation sites is 1. The Kier molecular flexibility index (Phi) is 5.75. The summed E-state index contributed by atoms with van der Waals surface area (Å²) >= 11 is 0. The number of carbonyl (C=O) groups excluding carboxylic acids is 1. The van der Waals surface area contributed by atoms with E-state index in [4.69, 9.17) is 0 Å². The Labute approximate surface area is 170 Å². The highest BCUT2D eigenvalue weighted by molar-refractivity contribution is 5.94. The Morgan fingerprint density at radius 3 is 2.28 bits per heavy atom. The number of hydrogen-bond acceptors (Lipinski definition) is 3. The zero-order valence-corrected chi connectivity index (χ0v) is 16.2. The minimum atomic E-state index is -0.238. The molecule has 0 aliphatic carbocycles. The summed E-state index contributed by atoms with van der Waals surface area (Å²) in [6.45, 7) is 3.64. The van der Waals surface area contributed by atoms with Crippen LogP contribution in [-0.4, -0.2) is 37.0 Å². The molecule has 0 atom stereocenters. The molecule has 29 heavy (non-hydrogen) atoms. The van der Waals surface area contributed by atoms with Gasteiger partial charge in [0.05, 0.1) is 0 Å². The monoisotopic (exact) mass is 389 g/mol.